The van der Waals surface area contributed by atoms with E-state index in [-0.39, 0.29) is 0 Å². The molecule has 0 bridgehead atoms. The Bertz CT molecular complexity index is 233. The van der Waals surface area contributed by atoms with Crippen molar-refractivity contribution in [3.05, 3.63) is 11.9 Å². The van der Waals surface area contributed by atoms with Gasteiger partial charge in [0, 0.05) is 5.82 Å². The van der Waals surface area contributed by atoms with Gasteiger partial charge in [0.25, 0.3) is 0 Å². The van der Waals surface area contributed by atoms with Crippen molar-refractivity contribution >= 4 is 7.60 Å². The van der Waals surface area contributed by atoms with Crippen molar-refractivity contribution in [1.82, 2.24) is 0 Å². The van der Waals surface area contributed by atoms with Crippen molar-refractivity contribution < 1.29 is 14.4 Å². The van der Waals surface area contributed by atoms with Gasteiger partial charge in [-0.25, -0.2) is 0 Å². The molecule has 0 aromatic carbocycles. The van der Waals surface area contributed by atoms with Gasteiger partial charge < -0.3 is 9.79 Å². The van der Waals surface area contributed by atoms with Crippen molar-refractivity contribution in [3.63, 3.8) is 0 Å². The van der Waals surface area contributed by atoms with Gasteiger partial charge in [-0.15, -0.1) is 0 Å². The van der Waals surface area contributed by atoms with Crippen molar-refractivity contribution in [2.24, 2.45) is 0 Å². The molecule has 0 amide bonds. The summed E-state index contributed by atoms with van der Waals surface area (Å²) in [4.78, 5) is 17.2. The zero-order valence-corrected chi connectivity index (χ0v) is 11.9. The molecule has 0 aliphatic rings. The Morgan fingerprint density at radius 2 is 1.35 bits per heavy atom. The van der Waals surface area contributed by atoms with E-state index in [9.17, 15) is 4.57 Å². The van der Waals surface area contributed by atoms with Gasteiger partial charge in [-0.1, -0.05) is 64.4 Å². The van der Waals surface area contributed by atoms with E-state index in [1.54, 1.807) is 6.08 Å². The van der Waals surface area contributed by atoms with Crippen LogP contribution in [0.2, 0.25) is 0 Å². The number of allylic oxidation sites excluding steroid dienone is 1. The topological polar surface area (TPSA) is 57.5 Å². The van der Waals surface area contributed by atoms with Gasteiger partial charge in [0.05, 0.1) is 0 Å². The smallest absolute Gasteiger partial charge is 0.321 e. The minimum absolute atomic E-state index is 0.779. The van der Waals surface area contributed by atoms with Crippen LogP contribution in [0, 0.1) is 0 Å². The molecule has 17 heavy (non-hydrogen) atoms. The average molecular weight is 262 g/mol. The summed E-state index contributed by atoms with van der Waals surface area (Å²) in [5, 5.41) is 0. The summed E-state index contributed by atoms with van der Waals surface area (Å²) in [7, 11) is -3.92. The van der Waals surface area contributed by atoms with Crippen LogP contribution in [0.3, 0.4) is 0 Å². The highest BCUT2D eigenvalue weighted by atomic mass is 31.2. The molecular formula is C13H27O3P. The second-order valence-corrected chi connectivity index (χ2v) is 6.07. The zero-order valence-electron chi connectivity index (χ0n) is 11.0. The van der Waals surface area contributed by atoms with Crippen LogP contribution in [-0.4, -0.2) is 9.79 Å². The molecule has 2 N–H and O–H groups in total. The summed E-state index contributed by atoms with van der Waals surface area (Å²) < 4.78 is 10.5. The Labute approximate surface area is 105 Å². The summed E-state index contributed by atoms with van der Waals surface area (Å²) in [5.41, 5.74) is 0. The Kier molecular flexibility index (Phi) is 10.9. The van der Waals surface area contributed by atoms with Crippen molar-refractivity contribution in [2.75, 3.05) is 0 Å². The standard InChI is InChI=1S/C13H27O3P/c1-2-3-4-5-6-7-8-9-10-11-12-13-17(14,15)16/h12-13H,2-11H2,1H3,(H2,14,15,16). The lowest BCUT2D eigenvalue weighted by Crippen LogP contribution is -1.80. The maximum atomic E-state index is 10.5. The third-order valence-electron chi connectivity index (χ3n) is 2.77. The molecule has 4 heteroatoms. The molecule has 3 nitrogen and oxygen atoms in total. The summed E-state index contributed by atoms with van der Waals surface area (Å²) in [6, 6.07) is 0. The summed E-state index contributed by atoms with van der Waals surface area (Å²) in [5.74, 6) is 1.01. The maximum Gasteiger partial charge on any atom is 0.348 e. The molecule has 0 radical (unpaired) electrons. The van der Waals surface area contributed by atoms with Crippen LogP contribution >= 0.6 is 7.60 Å². The van der Waals surface area contributed by atoms with Crippen molar-refractivity contribution in [1.29, 1.82) is 0 Å². The molecule has 0 saturated heterocycles. The Balaban J connectivity index is 3.14. The van der Waals surface area contributed by atoms with Crippen molar-refractivity contribution in [2.45, 2.75) is 71.1 Å². The van der Waals surface area contributed by atoms with Crippen LogP contribution in [0.15, 0.2) is 11.9 Å². The molecule has 0 heterocycles. The molecule has 0 fully saturated rings. The molecule has 0 aromatic rings. The molecule has 0 aliphatic carbocycles. The lowest BCUT2D eigenvalue weighted by molar-refractivity contribution is 0.386. The summed E-state index contributed by atoms with van der Waals surface area (Å²) in [6.45, 7) is 2.23. The van der Waals surface area contributed by atoms with Gasteiger partial charge in [-0.05, 0) is 12.8 Å². The van der Waals surface area contributed by atoms with Crippen LogP contribution in [0.25, 0.3) is 0 Å². The first-order valence-corrected chi connectivity index (χ1v) is 8.47. The fourth-order valence-electron chi connectivity index (χ4n) is 1.78. The van der Waals surface area contributed by atoms with Crippen LogP contribution in [0.5, 0.6) is 0 Å². The molecule has 0 atom stereocenters. The van der Waals surface area contributed by atoms with E-state index < -0.39 is 7.60 Å². The monoisotopic (exact) mass is 262 g/mol. The molecule has 0 spiro atoms. The van der Waals surface area contributed by atoms with Crippen LogP contribution in [0.1, 0.15) is 71.1 Å². The van der Waals surface area contributed by atoms with E-state index in [1.807, 2.05) is 0 Å². The number of rotatable bonds is 11. The van der Waals surface area contributed by atoms with E-state index in [0.717, 1.165) is 18.7 Å². The van der Waals surface area contributed by atoms with E-state index in [4.69, 9.17) is 9.79 Å². The fraction of sp³-hybridized carbons (Fsp3) is 0.846. The Morgan fingerprint density at radius 3 is 1.82 bits per heavy atom. The first-order chi connectivity index (χ1) is 8.06. The van der Waals surface area contributed by atoms with Gasteiger partial charge in [0.1, 0.15) is 0 Å². The van der Waals surface area contributed by atoms with Gasteiger partial charge in [-0.2, -0.15) is 0 Å². The second-order valence-electron chi connectivity index (χ2n) is 4.59. The quantitative estimate of drug-likeness (QED) is 0.422. The Morgan fingerprint density at radius 1 is 0.882 bits per heavy atom. The molecule has 0 saturated carbocycles. The average Bonchev–Trinajstić information content (AvgIpc) is 2.24. The first-order valence-electron chi connectivity index (χ1n) is 6.79. The minimum Gasteiger partial charge on any atom is -0.321 e. The van der Waals surface area contributed by atoms with Crippen LogP contribution in [0.4, 0.5) is 0 Å². The normalized spacial score (nSPS) is 12.4. The third kappa shape index (κ3) is 15.9. The molecule has 0 unspecified atom stereocenters. The lowest BCUT2D eigenvalue weighted by atomic mass is 10.1. The van der Waals surface area contributed by atoms with Crippen LogP contribution < -0.4 is 0 Å². The molecule has 0 rings (SSSR count). The first kappa shape index (κ1) is 16.9. The Hall–Kier alpha value is -0.110. The van der Waals surface area contributed by atoms with E-state index in [0.29, 0.717) is 0 Å². The third-order valence-corrected chi connectivity index (χ3v) is 3.37. The highest BCUT2D eigenvalue weighted by molar-refractivity contribution is 7.55. The lowest BCUT2D eigenvalue weighted by Gasteiger charge is -2.00. The van der Waals surface area contributed by atoms with E-state index in [2.05, 4.69) is 6.92 Å². The molecule has 0 aliphatic heterocycles. The fourth-order valence-corrected chi connectivity index (χ4v) is 2.21. The molecule has 0 aromatic heterocycles. The van der Waals surface area contributed by atoms with Gasteiger partial charge >= 0.3 is 7.60 Å². The van der Waals surface area contributed by atoms with E-state index >= 15 is 0 Å². The summed E-state index contributed by atoms with van der Waals surface area (Å²) >= 11 is 0. The predicted molar refractivity (Wildman–Crippen MR) is 73.0 cm³/mol. The summed E-state index contributed by atoms with van der Waals surface area (Å²) in [6.07, 6.45) is 13.8. The van der Waals surface area contributed by atoms with Crippen molar-refractivity contribution in [3.8, 4) is 0 Å². The predicted octanol–water partition coefficient (Wildman–Crippen LogP) is 4.60. The highest BCUT2D eigenvalue weighted by Gasteiger charge is 2.03. The van der Waals surface area contributed by atoms with Gasteiger partial charge in [-0.3, -0.25) is 4.57 Å². The highest BCUT2D eigenvalue weighted by Crippen LogP contribution is 2.36. The van der Waals surface area contributed by atoms with Crippen LogP contribution in [-0.2, 0) is 4.57 Å². The van der Waals surface area contributed by atoms with E-state index in [1.165, 1.54) is 51.4 Å². The van der Waals surface area contributed by atoms with Gasteiger partial charge in [0.2, 0.25) is 0 Å². The molecular weight excluding hydrogens is 235 g/mol. The molecule has 102 valence electrons. The largest absolute Gasteiger partial charge is 0.348 e. The van der Waals surface area contributed by atoms with Gasteiger partial charge in [0.15, 0.2) is 0 Å². The second kappa shape index (κ2) is 11.0. The zero-order chi connectivity index (χ0) is 13.0. The maximum absolute atomic E-state index is 10.5. The number of hydrogen-bond donors (Lipinski definition) is 2. The number of hydrogen-bond acceptors (Lipinski definition) is 1. The SMILES string of the molecule is CCCCCCCCCCCC=CP(=O)(O)O. The minimum atomic E-state index is -3.92. The number of unbranched alkanes of at least 4 members (excludes halogenated alkanes) is 9.